The quantitative estimate of drug-likeness (QED) is 0.729. The van der Waals surface area contributed by atoms with Crippen LogP contribution >= 0.6 is 0 Å². The Balaban J connectivity index is 2.73. The average Bonchev–Trinajstić information content (AvgIpc) is 2.14. The third kappa shape index (κ3) is 3.38. The number of hydrogen-bond acceptors (Lipinski definition) is 1. The first-order chi connectivity index (χ1) is 6.53. The van der Waals surface area contributed by atoms with Gasteiger partial charge < -0.3 is 0 Å². The average molecular weight is 204 g/mol. The standard InChI is InChI=1S/C10H11F3O/c1-2-9(14-10(11,12)13)8-6-4-3-5-7-8/h3-7,9H,2H2,1H3. The Morgan fingerprint density at radius 3 is 2.21 bits per heavy atom. The molecule has 14 heavy (non-hydrogen) atoms. The summed E-state index contributed by atoms with van der Waals surface area (Å²) in [7, 11) is 0. The van der Waals surface area contributed by atoms with Crippen LogP contribution in [0.4, 0.5) is 13.2 Å². The molecule has 1 atom stereocenters. The van der Waals surface area contributed by atoms with E-state index in [1.807, 2.05) is 0 Å². The van der Waals surface area contributed by atoms with Crippen LogP contribution in [0.15, 0.2) is 30.3 Å². The van der Waals surface area contributed by atoms with Crippen molar-refractivity contribution in [3.63, 3.8) is 0 Å². The highest BCUT2D eigenvalue weighted by molar-refractivity contribution is 5.17. The molecular weight excluding hydrogens is 193 g/mol. The molecular formula is C10H11F3O. The van der Waals surface area contributed by atoms with Crippen molar-refractivity contribution in [3.05, 3.63) is 35.9 Å². The highest BCUT2D eigenvalue weighted by Crippen LogP contribution is 2.29. The number of halogens is 3. The zero-order valence-corrected chi connectivity index (χ0v) is 7.71. The summed E-state index contributed by atoms with van der Waals surface area (Å²) in [6, 6.07) is 8.39. The van der Waals surface area contributed by atoms with Crippen LogP contribution in [0.25, 0.3) is 0 Å². The summed E-state index contributed by atoms with van der Waals surface area (Å²) in [5.41, 5.74) is 0.548. The molecule has 0 bridgehead atoms. The second-order valence-corrected chi connectivity index (χ2v) is 2.87. The van der Waals surface area contributed by atoms with E-state index >= 15 is 0 Å². The van der Waals surface area contributed by atoms with E-state index in [9.17, 15) is 13.2 Å². The molecule has 1 aromatic carbocycles. The fraction of sp³-hybridized carbons (Fsp3) is 0.400. The van der Waals surface area contributed by atoms with Crippen molar-refractivity contribution in [3.8, 4) is 0 Å². The molecule has 1 aromatic rings. The molecule has 0 N–H and O–H groups in total. The van der Waals surface area contributed by atoms with Crippen LogP contribution in [-0.4, -0.2) is 6.36 Å². The molecule has 0 spiro atoms. The SMILES string of the molecule is CCC(OC(F)(F)F)c1ccccc1. The zero-order chi connectivity index (χ0) is 10.6. The first kappa shape index (κ1) is 11.0. The summed E-state index contributed by atoms with van der Waals surface area (Å²) < 4.78 is 39.8. The second-order valence-electron chi connectivity index (χ2n) is 2.87. The van der Waals surface area contributed by atoms with Crippen LogP contribution < -0.4 is 0 Å². The normalized spacial score (nSPS) is 14.0. The molecule has 1 nitrogen and oxygen atoms in total. The maximum absolute atomic E-state index is 12.0. The molecule has 4 heteroatoms. The first-order valence-electron chi connectivity index (χ1n) is 4.32. The van der Waals surface area contributed by atoms with E-state index in [1.165, 1.54) is 0 Å². The molecule has 78 valence electrons. The zero-order valence-electron chi connectivity index (χ0n) is 7.71. The number of ether oxygens (including phenoxy) is 1. The van der Waals surface area contributed by atoms with Crippen LogP contribution in [0, 0.1) is 0 Å². The van der Waals surface area contributed by atoms with Gasteiger partial charge in [0, 0.05) is 0 Å². The number of benzene rings is 1. The number of alkyl halides is 3. The molecule has 0 amide bonds. The van der Waals surface area contributed by atoms with Crippen molar-refractivity contribution < 1.29 is 17.9 Å². The van der Waals surface area contributed by atoms with Gasteiger partial charge in [-0.3, -0.25) is 4.74 Å². The minimum Gasteiger partial charge on any atom is -0.284 e. The summed E-state index contributed by atoms with van der Waals surface area (Å²) in [4.78, 5) is 0. The first-order valence-corrected chi connectivity index (χ1v) is 4.32. The van der Waals surface area contributed by atoms with Crippen molar-refractivity contribution in [2.24, 2.45) is 0 Å². The smallest absolute Gasteiger partial charge is 0.284 e. The molecule has 0 aliphatic carbocycles. The fourth-order valence-electron chi connectivity index (χ4n) is 1.22. The maximum atomic E-state index is 12.0. The number of rotatable bonds is 3. The molecule has 0 aromatic heterocycles. The van der Waals surface area contributed by atoms with Gasteiger partial charge >= 0.3 is 6.36 Å². The van der Waals surface area contributed by atoms with Gasteiger partial charge in [-0.25, -0.2) is 0 Å². The predicted octanol–water partition coefficient (Wildman–Crippen LogP) is 3.67. The third-order valence-electron chi connectivity index (χ3n) is 1.82. The van der Waals surface area contributed by atoms with Crippen LogP contribution in [-0.2, 0) is 4.74 Å². The van der Waals surface area contributed by atoms with Crippen LogP contribution in [0.2, 0.25) is 0 Å². The summed E-state index contributed by atoms with van der Waals surface area (Å²) in [5, 5.41) is 0. The minimum atomic E-state index is -4.57. The van der Waals surface area contributed by atoms with E-state index in [4.69, 9.17) is 0 Å². The summed E-state index contributed by atoms with van der Waals surface area (Å²) in [6.45, 7) is 1.66. The van der Waals surface area contributed by atoms with Gasteiger partial charge in [0.1, 0.15) is 0 Å². The fourth-order valence-corrected chi connectivity index (χ4v) is 1.22. The van der Waals surface area contributed by atoms with Gasteiger partial charge in [0.25, 0.3) is 0 Å². The van der Waals surface area contributed by atoms with E-state index in [1.54, 1.807) is 37.3 Å². The lowest BCUT2D eigenvalue weighted by Crippen LogP contribution is -2.17. The molecule has 1 rings (SSSR count). The summed E-state index contributed by atoms with van der Waals surface area (Å²) in [6.07, 6.45) is -5.18. The third-order valence-corrected chi connectivity index (χ3v) is 1.82. The van der Waals surface area contributed by atoms with Crippen LogP contribution in [0.5, 0.6) is 0 Å². The topological polar surface area (TPSA) is 9.23 Å². The number of hydrogen-bond donors (Lipinski definition) is 0. The van der Waals surface area contributed by atoms with Gasteiger partial charge in [0.2, 0.25) is 0 Å². The lowest BCUT2D eigenvalue weighted by Gasteiger charge is -2.17. The molecule has 0 heterocycles. The second kappa shape index (κ2) is 4.46. The highest BCUT2D eigenvalue weighted by Gasteiger charge is 2.33. The molecule has 0 radical (unpaired) electrons. The van der Waals surface area contributed by atoms with Gasteiger partial charge in [-0.05, 0) is 12.0 Å². The Labute approximate surface area is 80.5 Å². The van der Waals surface area contributed by atoms with Gasteiger partial charge in [-0.1, -0.05) is 37.3 Å². The molecule has 0 aliphatic rings. The van der Waals surface area contributed by atoms with Gasteiger partial charge in [-0.15, -0.1) is 13.2 Å². The molecule has 1 unspecified atom stereocenters. The Morgan fingerprint density at radius 1 is 1.21 bits per heavy atom. The van der Waals surface area contributed by atoms with Crippen LogP contribution in [0.3, 0.4) is 0 Å². The van der Waals surface area contributed by atoms with Gasteiger partial charge in [0.15, 0.2) is 0 Å². The minimum absolute atomic E-state index is 0.295. The van der Waals surface area contributed by atoms with E-state index in [-0.39, 0.29) is 0 Å². The molecule has 0 saturated heterocycles. The van der Waals surface area contributed by atoms with E-state index in [2.05, 4.69) is 4.74 Å². The lowest BCUT2D eigenvalue weighted by molar-refractivity contribution is -0.345. The molecule has 0 fully saturated rings. The van der Waals surface area contributed by atoms with Crippen molar-refractivity contribution in [2.75, 3.05) is 0 Å². The Hall–Kier alpha value is -1.03. The Kier molecular flexibility index (Phi) is 3.52. The largest absolute Gasteiger partial charge is 0.523 e. The maximum Gasteiger partial charge on any atom is 0.523 e. The summed E-state index contributed by atoms with van der Waals surface area (Å²) in [5.74, 6) is 0. The van der Waals surface area contributed by atoms with Crippen molar-refractivity contribution >= 4 is 0 Å². The molecule has 0 aliphatic heterocycles. The Morgan fingerprint density at radius 2 is 1.79 bits per heavy atom. The van der Waals surface area contributed by atoms with Gasteiger partial charge in [-0.2, -0.15) is 0 Å². The van der Waals surface area contributed by atoms with Crippen molar-refractivity contribution in [1.82, 2.24) is 0 Å². The Bertz CT molecular complexity index is 268. The van der Waals surface area contributed by atoms with Crippen molar-refractivity contribution in [1.29, 1.82) is 0 Å². The van der Waals surface area contributed by atoms with E-state index < -0.39 is 12.5 Å². The summed E-state index contributed by atoms with van der Waals surface area (Å²) >= 11 is 0. The lowest BCUT2D eigenvalue weighted by atomic mass is 10.1. The highest BCUT2D eigenvalue weighted by atomic mass is 19.4. The molecule has 0 saturated carbocycles. The van der Waals surface area contributed by atoms with Gasteiger partial charge in [0.05, 0.1) is 6.10 Å². The van der Waals surface area contributed by atoms with E-state index in [0.717, 1.165) is 0 Å². The monoisotopic (exact) mass is 204 g/mol. The van der Waals surface area contributed by atoms with Crippen molar-refractivity contribution in [2.45, 2.75) is 25.8 Å². The van der Waals surface area contributed by atoms with E-state index in [0.29, 0.717) is 12.0 Å². The van der Waals surface area contributed by atoms with Crippen LogP contribution in [0.1, 0.15) is 25.0 Å². The predicted molar refractivity (Wildman–Crippen MR) is 46.6 cm³/mol.